The lowest BCUT2D eigenvalue weighted by Gasteiger charge is -2.00. The average Bonchev–Trinajstić information content (AvgIpc) is 3.20. The molecule has 126 valence electrons. The second-order valence-corrected chi connectivity index (χ2v) is 10.2. The Hall–Kier alpha value is -1.10. The summed E-state index contributed by atoms with van der Waals surface area (Å²) in [4.78, 5) is 8.40. The fraction of sp³-hybridized carbons (Fsp3) is 0.154. The zero-order chi connectivity index (χ0) is 17.1. The molecule has 6 nitrogen and oxygen atoms in total. The molecular formula is C13H10Cl2N4O2S3. The maximum absolute atomic E-state index is 13.1. The summed E-state index contributed by atoms with van der Waals surface area (Å²) in [6.45, 7) is 0.493. The van der Waals surface area contributed by atoms with Crippen molar-refractivity contribution in [2.75, 3.05) is 6.54 Å². The molecule has 0 radical (unpaired) electrons. The first-order valence-electron chi connectivity index (χ1n) is 6.79. The molecule has 0 unspecified atom stereocenters. The van der Waals surface area contributed by atoms with E-state index in [1.807, 2.05) is 6.20 Å². The van der Waals surface area contributed by atoms with Crippen molar-refractivity contribution in [1.82, 2.24) is 14.4 Å². The van der Waals surface area contributed by atoms with Crippen LogP contribution in [0.25, 0.3) is 15.2 Å². The number of hydrogen-bond donors (Lipinski definition) is 2. The molecule has 0 saturated carbocycles. The van der Waals surface area contributed by atoms with Gasteiger partial charge in [-0.3, -0.25) is 4.40 Å². The van der Waals surface area contributed by atoms with Crippen LogP contribution in [0.1, 0.15) is 5.56 Å². The molecule has 24 heavy (non-hydrogen) atoms. The van der Waals surface area contributed by atoms with Crippen LogP contribution in [0.5, 0.6) is 0 Å². The van der Waals surface area contributed by atoms with Gasteiger partial charge in [-0.25, -0.2) is 13.4 Å². The van der Waals surface area contributed by atoms with E-state index in [2.05, 4.69) is 9.97 Å². The monoisotopic (exact) mass is 420 g/mol. The van der Waals surface area contributed by atoms with Gasteiger partial charge >= 0.3 is 0 Å². The molecule has 4 aromatic rings. The molecule has 0 aromatic carbocycles. The Morgan fingerprint density at radius 1 is 1.33 bits per heavy atom. The van der Waals surface area contributed by atoms with Gasteiger partial charge in [0.05, 0.1) is 0 Å². The zero-order valence-corrected chi connectivity index (χ0v) is 15.9. The van der Waals surface area contributed by atoms with Crippen LogP contribution in [-0.2, 0) is 16.3 Å². The third-order valence-electron chi connectivity index (χ3n) is 3.58. The van der Waals surface area contributed by atoms with E-state index in [0.717, 1.165) is 27.1 Å². The highest BCUT2D eigenvalue weighted by Gasteiger charge is 2.30. The summed E-state index contributed by atoms with van der Waals surface area (Å²) in [7, 11) is -3.82. The molecule has 0 bridgehead atoms. The Bertz CT molecular complexity index is 1170. The highest BCUT2D eigenvalue weighted by atomic mass is 35.5. The number of nitrogens with two attached hydrogens (primary N) is 1. The van der Waals surface area contributed by atoms with Gasteiger partial charge in [-0.1, -0.05) is 34.5 Å². The highest BCUT2D eigenvalue weighted by Crippen LogP contribution is 2.38. The molecule has 0 aliphatic carbocycles. The summed E-state index contributed by atoms with van der Waals surface area (Å²) < 4.78 is 28.2. The standard InChI is InChI=1S/C13H10Cl2N4O2S3/c14-8-5-19-12(10(15)18-13(19)22-8)24(20,21)9-3-7-6(1-2-16)4-17-11(7)23-9/h3-5,17H,1-2,16H2. The second-order valence-electron chi connectivity index (χ2n) is 5.06. The fourth-order valence-electron chi connectivity index (χ4n) is 2.55. The van der Waals surface area contributed by atoms with E-state index in [4.69, 9.17) is 28.9 Å². The molecule has 4 heterocycles. The number of nitrogens with zero attached hydrogens (tertiary/aromatic N) is 2. The summed E-state index contributed by atoms with van der Waals surface area (Å²) in [5.74, 6) is 0. The van der Waals surface area contributed by atoms with Gasteiger partial charge in [0.2, 0.25) is 9.84 Å². The van der Waals surface area contributed by atoms with Crippen LogP contribution in [-0.4, -0.2) is 29.3 Å². The molecule has 0 spiro atoms. The molecule has 4 aromatic heterocycles. The van der Waals surface area contributed by atoms with Gasteiger partial charge in [0.1, 0.15) is 13.4 Å². The predicted octanol–water partition coefficient (Wildman–Crippen LogP) is 3.58. The summed E-state index contributed by atoms with van der Waals surface area (Å²) in [5.41, 5.74) is 6.59. The third kappa shape index (κ3) is 2.39. The Kier molecular flexibility index (Phi) is 3.90. The number of thiazole rings is 1. The van der Waals surface area contributed by atoms with Crippen molar-refractivity contribution in [2.24, 2.45) is 5.73 Å². The second kappa shape index (κ2) is 5.72. The van der Waals surface area contributed by atoms with Crippen molar-refractivity contribution < 1.29 is 8.42 Å². The number of aromatic amines is 1. The van der Waals surface area contributed by atoms with Crippen molar-refractivity contribution in [3.63, 3.8) is 0 Å². The maximum Gasteiger partial charge on any atom is 0.235 e. The lowest BCUT2D eigenvalue weighted by atomic mass is 10.2. The Morgan fingerprint density at radius 3 is 2.88 bits per heavy atom. The number of aromatic nitrogens is 3. The van der Waals surface area contributed by atoms with Crippen LogP contribution >= 0.6 is 45.9 Å². The van der Waals surface area contributed by atoms with Gasteiger partial charge in [-0.2, -0.15) is 0 Å². The number of halogens is 2. The number of imidazole rings is 1. The molecule has 0 atom stereocenters. The summed E-state index contributed by atoms with van der Waals surface area (Å²) in [6, 6.07) is 1.65. The number of thiophene rings is 1. The topological polar surface area (TPSA) is 93.2 Å². The average molecular weight is 421 g/mol. The van der Waals surface area contributed by atoms with Gasteiger partial charge in [0.15, 0.2) is 15.1 Å². The number of hydrogen-bond acceptors (Lipinski definition) is 6. The first-order chi connectivity index (χ1) is 11.4. The van der Waals surface area contributed by atoms with E-state index in [1.54, 1.807) is 6.07 Å². The van der Waals surface area contributed by atoms with Gasteiger partial charge in [0.25, 0.3) is 0 Å². The van der Waals surface area contributed by atoms with Crippen molar-refractivity contribution in [2.45, 2.75) is 15.7 Å². The number of rotatable bonds is 4. The minimum Gasteiger partial charge on any atom is -0.353 e. The molecule has 11 heteroatoms. The number of H-pyrrole nitrogens is 1. The van der Waals surface area contributed by atoms with Gasteiger partial charge in [-0.15, -0.1) is 11.3 Å². The lowest BCUT2D eigenvalue weighted by molar-refractivity contribution is 0.593. The molecule has 0 amide bonds. The van der Waals surface area contributed by atoms with Gasteiger partial charge < -0.3 is 10.7 Å². The quantitative estimate of drug-likeness (QED) is 0.527. The Morgan fingerprint density at radius 2 is 2.12 bits per heavy atom. The molecule has 0 aliphatic heterocycles. The highest BCUT2D eigenvalue weighted by molar-refractivity contribution is 7.93. The number of nitrogens with one attached hydrogen (secondary N) is 1. The Labute approximate surface area is 154 Å². The normalized spacial score (nSPS) is 12.6. The van der Waals surface area contributed by atoms with Crippen LogP contribution in [0.2, 0.25) is 9.49 Å². The largest absolute Gasteiger partial charge is 0.353 e. The van der Waals surface area contributed by atoms with Crippen LogP contribution < -0.4 is 5.73 Å². The fourth-order valence-corrected chi connectivity index (χ4v) is 7.00. The van der Waals surface area contributed by atoms with Crippen LogP contribution in [0.15, 0.2) is 27.7 Å². The smallest absolute Gasteiger partial charge is 0.235 e. The lowest BCUT2D eigenvalue weighted by Crippen LogP contribution is -2.04. The van der Waals surface area contributed by atoms with E-state index in [1.165, 1.54) is 21.9 Å². The third-order valence-corrected chi connectivity index (χ3v) is 8.37. The molecule has 4 rings (SSSR count). The number of sulfone groups is 1. The minimum absolute atomic E-state index is 0.0582. The van der Waals surface area contributed by atoms with Gasteiger partial charge in [0, 0.05) is 17.8 Å². The summed E-state index contributed by atoms with van der Waals surface area (Å²) >= 11 is 14.4. The van der Waals surface area contributed by atoms with Gasteiger partial charge in [-0.05, 0) is 24.6 Å². The number of fused-ring (bicyclic) bond motifs is 2. The van der Waals surface area contributed by atoms with E-state index in [0.29, 0.717) is 22.3 Å². The van der Waals surface area contributed by atoms with E-state index in [-0.39, 0.29) is 14.4 Å². The molecule has 0 aliphatic rings. The van der Waals surface area contributed by atoms with E-state index >= 15 is 0 Å². The van der Waals surface area contributed by atoms with Crippen molar-refractivity contribution in [3.05, 3.63) is 33.5 Å². The van der Waals surface area contributed by atoms with Crippen LogP contribution in [0, 0.1) is 0 Å². The maximum atomic E-state index is 13.1. The van der Waals surface area contributed by atoms with Crippen molar-refractivity contribution >= 4 is 70.9 Å². The molecular weight excluding hydrogens is 411 g/mol. The summed E-state index contributed by atoms with van der Waals surface area (Å²) in [6.07, 6.45) is 4.04. The van der Waals surface area contributed by atoms with Crippen molar-refractivity contribution in [1.29, 1.82) is 0 Å². The van der Waals surface area contributed by atoms with Crippen LogP contribution in [0.4, 0.5) is 0 Å². The SMILES string of the molecule is NCCc1c[nH]c2sc(S(=O)(=O)c3c(Cl)nc4sc(Cl)cn34)cc12. The van der Waals surface area contributed by atoms with E-state index in [9.17, 15) is 8.42 Å². The molecule has 0 fully saturated rings. The summed E-state index contributed by atoms with van der Waals surface area (Å²) in [5, 5.41) is 0.744. The molecule has 3 N–H and O–H groups in total. The van der Waals surface area contributed by atoms with Crippen LogP contribution in [0.3, 0.4) is 0 Å². The zero-order valence-electron chi connectivity index (χ0n) is 11.9. The van der Waals surface area contributed by atoms with E-state index < -0.39 is 9.84 Å². The minimum atomic E-state index is -3.82. The Balaban J connectivity index is 1.92. The molecule has 0 saturated heterocycles. The predicted molar refractivity (Wildman–Crippen MR) is 97.5 cm³/mol. The first-order valence-corrected chi connectivity index (χ1v) is 10.7. The van der Waals surface area contributed by atoms with Crippen molar-refractivity contribution in [3.8, 4) is 0 Å². The first kappa shape index (κ1) is 16.4.